The highest BCUT2D eigenvalue weighted by atomic mass is 35.5. The quantitative estimate of drug-likeness (QED) is 0.734. The standard InChI is InChI=1S/C12H14ClF3O3/c1-6(19-10(18)12(14,15)16)9-7(13)4-11(2,3)5-8(9)17/h6H,4-5H2,1-3H3/t6-/m0/s1. The van der Waals surface area contributed by atoms with Crippen molar-refractivity contribution in [1.82, 2.24) is 0 Å². The van der Waals surface area contributed by atoms with Crippen LogP contribution in [0.2, 0.25) is 0 Å². The number of hydrogen-bond acceptors (Lipinski definition) is 3. The summed E-state index contributed by atoms with van der Waals surface area (Å²) >= 11 is 5.94. The van der Waals surface area contributed by atoms with Gasteiger partial charge >= 0.3 is 12.1 Å². The summed E-state index contributed by atoms with van der Waals surface area (Å²) in [6.45, 7) is 4.87. The van der Waals surface area contributed by atoms with Crippen molar-refractivity contribution in [2.75, 3.05) is 0 Å². The molecule has 0 saturated carbocycles. The van der Waals surface area contributed by atoms with Crippen molar-refractivity contribution in [2.24, 2.45) is 5.41 Å². The highest BCUT2D eigenvalue weighted by Gasteiger charge is 2.43. The van der Waals surface area contributed by atoms with Crippen LogP contribution in [0.1, 0.15) is 33.6 Å². The third kappa shape index (κ3) is 3.96. The molecule has 1 atom stereocenters. The molecule has 0 radical (unpaired) electrons. The molecule has 7 heteroatoms. The Labute approximate surface area is 113 Å². The van der Waals surface area contributed by atoms with E-state index in [2.05, 4.69) is 4.74 Å². The third-order valence-corrected chi connectivity index (χ3v) is 3.12. The lowest BCUT2D eigenvalue weighted by molar-refractivity contribution is -0.202. The number of ether oxygens (including phenoxy) is 1. The average molecular weight is 299 g/mol. The van der Waals surface area contributed by atoms with Gasteiger partial charge in [-0.3, -0.25) is 4.79 Å². The van der Waals surface area contributed by atoms with Crippen LogP contribution in [0.3, 0.4) is 0 Å². The first-order valence-corrected chi connectivity index (χ1v) is 6.01. The molecule has 0 aromatic heterocycles. The van der Waals surface area contributed by atoms with Gasteiger partial charge in [0, 0.05) is 17.0 Å². The van der Waals surface area contributed by atoms with Crippen LogP contribution in [0, 0.1) is 5.41 Å². The molecule has 1 aliphatic carbocycles. The molecule has 0 bridgehead atoms. The molecule has 0 spiro atoms. The average Bonchev–Trinajstić information content (AvgIpc) is 2.11. The lowest BCUT2D eigenvalue weighted by Crippen LogP contribution is -2.34. The summed E-state index contributed by atoms with van der Waals surface area (Å²) in [4.78, 5) is 22.6. The fraction of sp³-hybridized carbons (Fsp3) is 0.667. The number of rotatable bonds is 2. The second kappa shape index (κ2) is 5.15. The fourth-order valence-electron chi connectivity index (χ4n) is 1.99. The topological polar surface area (TPSA) is 43.4 Å². The van der Waals surface area contributed by atoms with Crippen LogP contribution in [0.5, 0.6) is 0 Å². The van der Waals surface area contributed by atoms with Gasteiger partial charge in [-0.1, -0.05) is 25.4 Å². The van der Waals surface area contributed by atoms with Crippen LogP contribution in [0.4, 0.5) is 13.2 Å². The second-order valence-corrected chi connectivity index (χ2v) is 5.76. The van der Waals surface area contributed by atoms with Crippen LogP contribution >= 0.6 is 11.6 Å². The van der Waals surface area contributed by atoms with Crippen molar-refractivity contribution >= 4 is 23.4 Å². The van der Waals surface area contributed by atoms with E-state index >= 15 is 0 Å². The van der Waals surface area contributed by atoms with Gasteiger partial charge in [-0.05, 0) is 18.8 Å². The Kier molecular flexibility index (Phi) is 4.34. The third-order valence-electron chi connectivity index (χ3n) is 2.79. The number of allylic oxidation sites excluding steroid dienone is 1. The van der Waals surface area contributed by atoms with E-state index in [0.29, 0.717) is 6.42 Å². The van der Waals surface area contributed by atoms with Crippen molar-refractivity contribution in [2.45, 2.75) is 45.9 Å². The van der Waals surface area contributed by atoms with Crippen LogP contribution in [0.15, 0.2) is 10.6 Å². The van der Waals surface area contributed by atoms with E-state index in [4.69, 9.17) is 11.6 Å². The van der Waals surface area contributed by atoms with E-state index in [9.17, 15) is 22.8 Å². The molecule has 1 rings (SSSR count). The maximum atomic E-state index is 12.1. The molecular weight excluding hydrogens is 285 g/mol. The number of halogens is 4. The number of alkyl halides is 3. The van der Waals surface area contributed by atoms with Gasteiger partial charge in [-0.15, -0.1) is 0 Å². The van der Waals surface area contributed by atoms with E-state index in [1.54, 1.807) is 0 Å². The first-order chi connectivity index (χ1) is 8.44. The largest absolute Gasteiger partial charge is 0.490 e. The molecule has 0 aromatic rings. The summed E-state index contributed by atoms with van der Waals surface area (Å²) in [7, 11) is 0. The zero-order valence-electron chi connectivity index (χ0n) is 10.7. The number of Topliss-reactive ketones (excluding diaryl/α,β-unsaturated/α-hetero) is 1. The summed E-state index contributed by atoms with van der Waals surface area (Å²) in [5.41, 5.74) is -0.385. The van der Waals surface area contributed by atoms with Gasteiger partial charge in [0.15, 0.2) is 5.78 Å². The van der Waals surface area contributed by atoms with Crippen molar-refractivity contribution in [3.8, 4) is 0 Å². The highest BCUT2D eigenvalue weighted by molar-refractivity contribution is 6.32. The number of ketones is 1. The fourth-order valence-corrected chi connectivity index (χ4v) is 2.61. The van der Waals surface area contributed by atoms with Gasteiger partial charge in [0.25, 0.3) is 0 Å². The Morgan fingerprint density at radius 1 is 1.37 bits per heavy atom. The lowest BCUT2D eigenvalue weighted by Gasteiger charge is -2.31. The van der Waals surface area contributed by atoms with Gasteiger partial charge in [0.1, 0.15) is 6.10 Å². The van der Waals surface area contributed by atoms with Crippen molar-refractivity contribution < 1.29 is 27.5 Å². The molecule has 0 N–H and O–H groups in total. The molecule has 3 nitrogen and oxygen atoms in total. The van der Waals surface area contributed by atoms with Gasteiger partial charge in [-0.2, -0.15) is 13.2 Å². The minimum atomic E-state index is -5.09. The second-order valence-electron chi connectivity index (χ2n) is 5.30. The van der Waals surface area contributed by atoms with E-state index in [1.807, 2.05) is 13.8 Å². The smallest absolute Gasteiger partial charge is 0.451 e. The number of carbonyl (C=O) groups is 2. The van der Waals surface area contributed by atoms with E-state index in [-0.39, 0.29) is 28.2 Å². The molecule has 0 amide bonds. The normalized spacial score (nSPS) is 21.3. The van der Waals surface area contributed by atoms with Crippen molar-refractivity contribution in [3.63, 3.8) is 0 Å². The van der Waals surface area contributed by atoms with E-state index in [1.165, 1.54) is 6.92 Å². The van der Waals surface area contributed by atoms with Gasteiger partial charge in [0.05, 0.1) is 0 Å². The zero-order valence-corrected chi connectivity index (χ0v) is 11.5. The predicted octanol–water partition coefficient (Wildman–Crippen LogP) is 3.36. The van der Waals surface area contributed by atoms with Crippen LogP contribution in [0.25, 0.3) is 0 Å². The van der Waals surface area contributed by atoms with E-state index in [0.717, 1.165) is 0 Å². The van der Waals surface area contributed by atoms with Crippen molar-refractivity contribution in [1.29, 1.82) is 0 Å². The Bertz CT molecular complexity index is 438. The monoisotopic (exact) mass is 298 g/mol. The first-order valence-electron chi connectivity index (χ1n) is 5.63. The van der Waals surface area contributed by atoms with Crippen molar-refractivity contribution in [3.05, 3.63) is 10.6 Å². The van der Waals surface area contributed by atoms with Gasteiger partial charge in [-0.25, -0.2) is 4.79 Å². The van der Waals surface area contributed by atoms with Gasteiger partial charge < -0.3 is 4.74 Å². The van der Waals surface area contributed by atoms with Crippen LogP contribution in [-0.2, 0) is 14.3 Å². The molecule has 0 aromatic carbocycles. The molecule has 0 fully saturated rings. The molecule has 108 valence electrons. The molecule has 0 unspecified atom stereocenters. The Morgan fingerprint density at radius 3 is 2.32 bits per heavy atom. The molecule has 0 saturated heterocycles. The van der Waals surface area contributed by atoms with Crippen LogP contribution in [-0.4, -0.2) is 24.0 Å². The SMILES string of the molecule is C[C@H](OC(=O)C(F)(F)F)C1=C(Cl)CC(C)(C)CC1=O. The Balaban J connectivity index is 2.91. The minimum Gasteiger partial charge on any atom is -0.451 e. The maximum Gasteiger partial charge on any atom is 0.490 e. The summed E-state index contributed by atoms with van der Waals surface area (Å²) in [6, 6.07) is 0. The highest BCUT2D eigenvalue weighted by Crippen LogP contribution is 2.40. The van der Waals surface area contributed by atoms with Crippen LogP contribution < -0.4 is 0 Å². The summed E-state index contributed by atoms with van der Waals surface area (Å²) in [5.74, 6) is -2.71. The molecule has 0 aliphatic heterocycles. The number of hydrogen-bond donors (Lipinski definition) is 0. The first kappa shape index (κ1) is 16.0. The molecular formula is C12H14ClF3O3. The lowest BCUT2D eigenvalue weighted by atomic mass is 9.76. The summed E-state index contributed by atoms with van der Waals surface area (Å²) in [6.07, 6.45) is -5.86. The maximum absolute atomic E-state index is 12.1. The minimum absolute atomic E-state index is 0.0430. The van der Waals surface area contributed by atoms with E-state index < -0.39 is 18.2 Å². The number of carbonyl (C=O) groups excluding carboxylic acids is 2. The summed E-state index contributed by atoms with van der Waals surface area (Å²) in [5, 5.41) is 0.156. The molecule has 19 heavy (non-hydrogen) atoms. The Morgan fingerprint density at radius 2 is 1.89 bits per heavy atom. The summed E-state index contributed by atoms with van der Waals surface area (Å²) < 4.78 is 40.5. The van der Waals surface area contributed by atoms with Gasteiger partial charge in [0.2, 0.25) is 0 Å². The zero-order chi connectivity index (χ0) is 15.0. The Hall–Kier alpha value is -1.04. The molecule has 0 heterocycles. The molecule has 1 aliphatic rings. The predicted molar refractivity (Wildman–Crippen MR) is 62.5 cm³/mol. The number of esters is 1.